The number of aromatic amines is 1. The van der Waals surface area contributed by atoms with Crippen molar-refractivity contribution in [3.05, 3.63) is 30.1 Å². The predicted molar refractivity (Wildman–Crippen MR) is 108 cm³/mol. The molecule has 5 N–H and O–H groups in total. The van der Waals surface area contributed by atoms with Crippen LogP contribution in [-0.2, 0) is 26.1 Å². The minimum absolute atomic E-state index is 0. The normalized spacial score (nSPS) is 11.3. The predicted octanol–water partition coefficient (Wildman–Crippen LogP) is 0.635. The van der Waals surface area contributed by atoms with Gasteiger partial charge in [-0.3, -0.25) is 9.89 Å². The molecular formula is C16H25ClN6O4S. The van der Waals surface area contributed by atoms with E-state index in [0.29, 0.717) is 17.3 Å². The summed E-state index contributed by atoms with van der Waals surface area (Å²) in [6.07, 6.45) is -0.0509. The van der Waals surface area contributed by atoms with E-state index < -0.39 is 15.9 Å². The average molecular weight is 433 g/mol. The number of rotatable bonds is 10. The largest absolute Gasteiger partial charge is 0.378 e. The van der Waals surface area contributed by atoms with Gasteiger partial charge in [-0.15, -0.1) is 12.4 Å². The van der Waals surface area contributed by atoms with E-state index in [1.807, 2.05) is 13.8 Å². The lowest BCUT2D eigenvalue weighted by Gasteiger charge is -2.10. The Hall–Kier alpha value is -2.05. The number of nitrogens with two attached hydrogens (primary N) is 1. The lowest BCUT2D eigenvalue weighted by atomic mass is 10.2. The molecule has 0 spiro atoms. The van der Waals surface area contributed by atoms with Gasteiger partial charge in [0, 0.05) is 11.3 Å². The summed E-state index contributed by atoms with van der Waals surface area (Å²) < 4.78 is 31.0. The van der Waals surface area contributed by atoms with Crippen molar-refractivity contribution in [2.24, 2.45) is 5.73 Å². The summed E-state index contributed by atoms with van der Waals surface area (Å²) in [6, 6.07) is 6.84. The van der Waals surface area contributed by atoms with Gasteiger partial charge in [0.05, 0.1) is 31.6 Å². The first-order valence-corrected chi connectivity index (χ1v) is 10.0. The van der Waals surface area contributed by atoms with Crippen LogP contribution in [0.5, 0.6) is 0 Å². The summed E-state index contributed by atoms with van der Waals surface area (Å²) in [5, 5.41) is 9.39. The van der Waals surface area contributed by atoms with Crippen molar-refractivity contribution >= 4 is 34.0 Å². The Balaban J connectivity index is 0.00000392. The van der Waals surface area contributed by atoms with Gasteiger partial charge in [-0.25, -0.2) is 18.1 Å². The molecule has 0 bridgehead atoms. The molecule has 1 heterocycles. The molecule has 2 rings (SSSR count). The van der Waals surface area contributed by atoms with Gasteiger partial charge >= 0.3 is 0 Å². The van der Waals surface area contributed by atoms with Crippen LogP contribution in [0.3, 0.4) is 0 Å². The van der Waals surface area contributed by atoms with Crippen LogP contribution in [-0.4, -0.2) is 54.5 Å². The van der Waals surface area contributed by atoms with Gasteiger partial charge in [0.15, 0.2) is 5.82 Å². The molecule has 0 atom stereocenters. The van der Waals surface area contributed by atoms with Crippen molar-refractivity contribution < 1.29 is 17.9 Å². The Morgan fingerprint density at radius 2 is 1.96 bits per heavy atom. The van der Waals surface area contributed by atoms with E-state index in [9.17, 15) is 13.2 Å². The number of hydrogen-bond acceptors (Lipinski definition) is 7. The minimum Gasteiger partial charge on any atom is -0.378 e. The number of ether oxygens (including phenoxy) is 1. The molecular weight excluding hydrogens is 408 g/mol. The van der Waals surface area contributed by atoms with E-state index >= 15 is 0 Å². The first-order valence-electron chi connectivity index (χ1n) is 8.39. The molecule has 10 nitrogen and oxygen atoms in total. The highest BCUT2D eigenvalue weighted by molar-refractivity contribution is 7.89. The van der Waals surface area contributed by atoms with Gasteiger partial charge in [0.2, 0.25) is 15.9 Å². The highest BCUT2D eigenvalue weighted by Gasteiger charge is 2.13. The van der Waals surface area contributed by atoms with Crippen LogP contribution in [0.15, 0.2) is 24.3 Å². The van der Waals surface area contributed by atoms with Gasteiger partial charge in [-0.1, -0.05) is 0 Å². The summed E-state index contributed by atoms with van der Waals surface area (Å²) in [4.78, 5) is 16.1. The Morgan fingerprint density at radius 3 is 2.54 bits per heavy atom. The van der Waals surface area contributed by atoms with Crippen molar-refractivity contribution in [1.82, 2.24) is 19.9 Å². The summed E-state index contributed by atoms with van der Waals surface area (Å²) in [5.41, 5.74) is 6.77. The molecule has 0 radical (unpaired) electrons. The van der Waals surface area contributed by atoms with Crippen molar-refractivity contribution in [2.45, 2.75) is 26.5 Å². The van der Waals surface area contributed by atoms with Crippen LogP contribution in [0, 0.1) is 0 Å². The van der Waals surface area contributed by atoms with E-state index in [1.54, 1.807) is 24.3 Å². The maximum atomic E-state index is 11.9. The number of H-pyrrole nitrogens is 1. The Morgan fingerprint density at radius 1 is 1.29 bits per heavy atom. The lowest BCUT2D eigenvalue weighted by molar-refractivity contribution is -0.115. The van der Waals surface area contributed by atoms with Crippen molar-refractivity contribution in [3.63, 3.8) is 0 Å². The zero-order valence-electron chi connectivity index (χ0n) is 15.6. The number of amides is 1. The van der Waals surface area contributed by atoms with E-state index in [1.165, 1.54) is 0 Å². The molecule has 12 heteroatoms. The monoisotopic (exact) mass is 432 g/mol. The molecule has 0 saturated carbocycles. The second-order valence-corrected chi connectivity index (χ2v) is 7.92. The number of nitrogens with zero attached hydrogens (tertiary/aromatic N) is 2. The zero-order chi connectivity index (χ0) is 19.9. The maximum Gasteiger partial charge on any atom is 0.239 e. The van der Waals surface area contributed by atoms with Crippen LogP contribution in [0.1, 0.15) is 19.7 Å². The number of nitrogens with one attached hydrogen (secondary N) is 3. The SMILES string of the molecule is CC(C)OCCS(=O)(=O)NCC(=O)Nc1ccc(-c2n[nH]c(CN)n2)cc1.Cl. The first kappa shape index (κ1) is 24.0. The van der Waals surface area contributed by atoms with E-state index in [-0.39, 0.29) is 44.0 Å². The molecule has 2 aromatic rings. The Bertz CT molecular complexity index is 854. The Labute approximate surface area is 170 Å². The second kappa shape index (κ2) is 11.1. The number of carbonyl (C=O) groups is 1. The fraction of sp³-hybridized carbons (Fsp3) is 0.438. The van der Waals surface area contributed by atoms with Gasteiger partial charge < -0.3 is 15.8 Å². The van der Waals surface area contributed by atoms with E-state index in [2.05, 4.69) is 25.2 Å². The number of hydrogen-bond donors (Lipinski definition) is 4. The smallest absolute Gasteiger partial charge is 0.239 e. The summed E-state index contributed by atoms with van der Waals surface area (Å²) in [6.45, 7) is 3.62. The van der Waals surface area contributed by atoms with Crippen LogP contribution in [0.4, 0.5) is 5.69 Å². The third-order valence-corrected chi connectivity index (χ3v) is 4.70. The standard InChI is InChI=1S/C16H24N6O4S.ClH/c1-11(2)26-7-8-27(24,25)18-10-15(23)19-13-5-3-12(4-6-13)16-20-14(9-17)21-22-16;/h3-6,11,18H,7-10,17H2,1-2H3,(H,19,23)(H,20,21,22);1H. The second-order valence-electron chi connectivity index (χ2n) is 5.99. The molecule has 1 aromatic carbocycles. The molecule has 1 aromatic heterocycles. The number of sulfonamides is 1. The molecule has 0 fully saturated rings. The highest BCUT2D eigenvalue weighted by atomic mass is 35.5. The number of benzene rings is 1. The molecule has 0 unspecified atom stereocenters. The molecule has 1 amide bonds. The fourth-order valence-corrected chi connectivity index (χ4v) is 2.88. The van der Waals surface area contributed by atoms with Gasteiger partial charge in [-0.2, -0.15) is 5.10 Å². The molecule has 156 valence electrons. The minimum atomic E-state index is -3.57. The average Bonchev–Trinajstić information content (AvgIpc) is 3.09. The topological polar surface area (TPSA) is 152 Å². The molecule has 0 aliphatic carbocycles. The van der Waals surface area contributed by atoms with Crippen LogP contribution >= 0.6 is 12.4 Å². The van der Waals surface area contributed by atoms with Gasteiger partial charge in [0.1, 0.15) is 5.82 Å². The quantitative estimate of drug-likeness (QED) is 0.429. The van der Waals surface area contributed by atoms with Crippen LogP contribution < -0.4 is 15.8 Å². The summed E-state index contributed by atoms with van der Waals surface area (Å²) in [5.74, 6) is 0.409. The number of anilines is 1. The summed E-state index contributed by atoms with van der Waals surface area (Å²) in [7, 11) is -3.57. The Kier molecular flexibility index (Phi) is 9.49. The number of carbonyl (C=O) groups excluding carboxylic acids is 1. The lowest BCUT2D eigenvalue weighted by Crippen LogP contribution is -2.35. The van der Waals surface area contributed by atoms with Gasteiger partial charge in [0.25, 0.3) is 0 Å². The molecule has 0 saturated heterocycles. The van der Waals surface area contributed by atoms with Crippen molar-refractivity contribution in [3.8, 4) is 11.4 Å². The fourth-order valence-electron chi connectivity index (χ4n) is 2.06. The maximum absolute atomic E-state index is 11.9. The summed E-state index contributed by atoms with van der Waals surface area (Å²) >= 11 is 0. The van der Waals surface area contributed by atoms with Crippen molar-refractivity contribution in [2.75, 3.05) is 24.2 Å². The molecule has 0 aliphatic heterocycles. The molecule has 28 heavy (non-hydrogen) atoms. The van der Waals surface area contributed by atoms with Crippen molar-refractivity contribution in [1.29, 1.82) is 0 Å². The van der Waals surface area contributed by atoms with Gasteiger partial charge in [-0.05, 0) is 38.1 Å². The van der Waals surface area contributed by atoms with Crippen LogP contribution in [0.2, 0.25) is 0 Å². The third-order valence-electron chi connectivity index (χ3n) is 3.41. The van der Waals surface area contributed by atoms with E-state index in [0.717, 1.165) is 5.56 Å². The van der Waals surface area contributed by atoms with E-state index in [4.69, 9.17) is 10.5 Å². The number of aromatic nitrogens is 3. The van der Waals surface area contributed by atoms with Crippen LogP contribution in [0.25, 0.3) is 11.4 Å². The zero-order valence-corrected chi connectivity index (χ0v) is 17.3. The number of halogens is 1. The third kappa shape index (κ3) is 7.90. The first-order chi connectivity index (χ1) is 12.8. The highest BCUT2D eigenvalue weighted by Crippen LogP contribution is 2.17. The molecule has 0 aliphatic rings.